The molecule has 1 aromatic rings. The molecule has 1 amide bonds. The van der Waals surface area contributed by atoms with Crippen LogP contribution >= 0.6 is 0 Å². The first kappa shape index (κ1) is 10.4. The number of carbonyl (C=O) groups is 1. The fraction of sp³-hybridized carbons (Fsp3) is 0.444. The molecule has 1 aromatic heterocycles. The van der Waals surface area contributed by atoms with Gasteiger partial charge in [0.25, 0.3) is 0 Å². The van der Waals surface area contributed by atoms with Crippen molar-refractivity contribution in [2.45, 2.75) is 13.8 Å². The third-order valence-electron chi connectivity index (χ3n) is 1.68. The summed E-state index contributed by atoms with van der Waals surface area (Å²) in [5.41, 5.74) is 0.695. The van der Waals surface area contributed by atoms with Crippen molar-refractivity contribution < 1.29 is 9.53 Å². The van der Waals surface area contributed by atoms with E-state index in [4.69, 9.17) is 4.74 Å². The Kier molecular flexibility index (Phi) is 3.84. The van der Waals surface area contributed by atoms with E-state index in [0.29, 0.717) is 18.8 Å². The minimum atomic E-state index is -0.358. The number of hydrogen-bond donors (Lipinski definition) is 0. The first-order valence-electron chi connectivity index (χ1n) is 4.50. The Morgan fingerprint density at radius 1 is 1.50 bits per heavy atom. The van der Waals surface area contributed by atoms with Crippen LogP contribution in [0.1, 0.15) is 13.8 Å². The zero-order valence-corrected chi connectivity index (χ0v) is 8.30. The molecule has 0 spiro atoms. The quantitative estimate of drug-likeness (QED) is 0.732. The second-order valence-electron chi connectivity index (χ2n) is 2.54. The summed E-state index contributed by atoms with van der Waals surface area (Å²) >= 11 is 0. The van der Waals surface area contributed by atoms with Crippen molar-refractivity contribution in [3.05, 3.63) is 18.5 Å². The Bertz CT molecular complexity index is 289. The summed E-state index contributed by atoms with van der Waals surface area (Å²) in [6.45, 7) is 4.56. The largest absolute Gasteiger partial charge is 0.449 e. The molecule has 14 heavy (non-hydrogen) atoms. The average Bonchev–Trinajstić information content (AvgIpc) is 2.21. The second-order valence-corrected chi connectivity index (χ2v) is 2.54. The minimum absolute atomic E-state index is 0.358. The van der Waals surface area contributed by atoms with E-state index in [1.165, 1.54) is 17.3 Å². The molecule has 5 nitrogen and oxygen atoms in total. The first-order valence-corrected chi connectivity index (χ1v) is 4.50. The van der Waals surface area contributed by atoms with E-state index in [1.807, 2.05) is 6.92 Å². The van der Waals surface area contributed by atoms with Gasteiger partial charge >= 0.3 is 6.09 Å². The summed E-state index contributed by atoms with van der Waals surface area (Å²) in [7, 11) is 0. The van der Waals surface area contributed by atoms with Gasteiger partial charge < -0.3 is 4.74 Å². The molecule has 0 saturated carbocycles. The predicted octanol–water partition coefficient (Wildman–Crippen LogP) is 1.46. The molecule has 0 saturated heterocycles. The molecular formula is C9H13N3O2. The summed E-state index contributed by atoms with van der Waals surface area (Å²) < 4.78 is 4.89. The SMILES string of the molecule is CCOC(=O)N(CC)c1ccnnc1. The maximum atomic E-state index is 11.4. The maximum absolute atomic E-state index is 11.4. The third-order valence-corrected chi connectivity index (χ3v) is 1.68. The van der Waals surface area contributed by atoms with E-state index in [9.17, 15) is 4.79 Å². The fourth-order valence-corrected chi connectivity index (χ4v) is 1.06. The van der Waals surface area contributed by atoms with Crippen LogP contribution in [0.3, 0.4) is 0 Å². The van der Waals surface area contributed by atoms with Gasteiger partial charge in [0.15, 0.2) is 0 Å². The molecule has 0 aromatic carbocycles. The summed E-state index contributed by atoms with van der Waals surface area (Å²) in [5.74, 6) is 0. The number of rotatable bonds is 3. The van der Waals surface area contributed by atoms with Gasteiger partial charge in [-0.1, -0.05) is 0 Å². The van der Waals surface area contributed by atoms with Crippen molar-refractivity contribution in [1.82, 2.24) is 10.2 Å². The predicted molar refractivity (Wildman–Crippen MR) is 52.1 cm³/mol. The number of anilines is 1. The van der Waals surface area contributed by atoms with Gasteiger partial charge in [-0.25, -0.2) is 4.79 Å². The monoisotopic (exact) mass is 195 g/mol. The van der Waals surface area contributed by atoms with E-state index in [0.717, 1.165) is 0 Å². The highest BCUT2D eigenvalue weighted by Gasteiger charge is 2.14. The van der Waals surface area contributed by atoms with Gasteiger partial charge in [-0.05, 0) is 19.9 Å². The zero-order chi connectivity index (χ0) is 10.4. The highest BCUT2D eigenvalue weighted by molar-refractivity contribution is 5.87. The lowest BCUT2D eigenvalue weighted by molar-refractivity contribution is 0.160. The third kappa shape index (κ3) is 2.42. The van der Waals surface area contributed by atoms with Crippen LogP contribution in [0.4, 0.5) is 10.5 Å². The van der Waals surface area contributed by atoms with Crippen molar-refractivity contribution in [3.63, 3.8) is 0 Å². The molecule has 76 valence electrons. The Hall–Kier alpha value is -1.65. The molecule has 0 fully saturated rings. The lowest BCUT2D eigenvalue weighted by Gasteiger charge is -2.18. The average molecular weight is 195 g/mol. The molecule has 0 bridgehead atoms. The van der Waals surface area contributed by atoms with E-state index < -0.39 is 0 Å². The number of amides is 1. The van der Waals surface area contributed by atoms with Gasteiger partial charge in [0, 0.05) is 6.54 Å². The minimum Gasteiger partial charge on any atom is -0.449 e. The molecule has 0 aliphatic rings. The van der Waals surface area contributed by atoms with Crippen LogP contribution in [0.25, 0.3) is 0 Å². The smallest absolute Gasteiger partial charge is 0.414 e. The molecule has 0 radical (unpaired) electrons. The van der Waals surface area contributed by atoms with Gasteiger partial charge in [-0.3, -0.25) is 4.90 Å². The highest BCUT2D eigenvalue weighted by Crippen LogP contribution is 2.11. The van der Waals surface area contributed by atoms with Crippen molar-refractivity contribution >= 4 is 11.8 Å². The summed E-state index contributed by atoms with van der Waals surface area (Å²) in [4.78, 5) is 12.9. The normalized spacial score (nSPS) is 9.57. The Balaban J connectivity index is 2.77. The van der Waals surface area contributed by atoms with Gasteiger partial charge in [0.05, 0.1) is 24.7 Å². The van der Waals surface area contributed by atoms with Gasteiger partial charge in [-0.15, -0.1) is 0 Å². The number of aromatic nitrogens is 2. The van der Waals surface area contributed by atoms with Crippen LogP contribution in [0, 0.1) is 0 Å². The van der Waals surface area contributed by atoms with Crippen LogP contribution in [-0.2, 0) is 4.74 Å². The van der Waals surface area contributed by atoms with Crippen LogP contribution in [0.5, 0.6) is 0 Å². The van der Waals surface area contributed by atoms with Crippen molar-refractivity contribution in [1.29, 1.82) is 0 Å². The molecular weight excluding hydrogens is 182 g/mol. The van der Waals surface area contributed by atoms with Gasteiger partial charge in [0.1, 0.15) is 0 Å². The standard InChI is InChI=1S/C9H13N3O2/c1-3-12(9(13)14-4-2)8-5-6-10-11-7-8/h5-7H,3-4H2,1-2H3. The number of nitrogens with zero attached hydrogens (tertiary/aromatic N) is 3. The fourth-order valence-electron chi connectivity index (χ4n) is 1.06. The lowest BCUT2D eigenvalue weighted by Crippen LogP contribution is -2.31. The van der Waals surface area contributed by atoms with E-state index >= 15 is 0 Å². The first-order chi connectivity index (χ1) is 6.79. The van der Waals surface area contributed by atoms with Crippen LogP contribution in [0.2, 0.25) is 0 Å². The number of carbonyl (C=O) groups excluding carboxylic acids is 1. The topological polar surface area (TPSA) is 55.3 Å². The lowest BCUT2D eigenvalue weighted by atomic mass is 10.4. The van der Waals surface area contributed by atoms with Gasteiger partial charge in [0.2, 0.25) is 0 Å². The Labute approximate surface area is 82.7 Å². The van der Waals surface area contributed by atoms with E-state index in [1.54, 1.807) is 13.0 Å². The highest BCUT2D eigenvalue weighted by atomic mass is 16.6. The number of hydrogen-bond acceptors (Lipinski definition) is 4. The van der Waals surface area contributed by atoms with E-state index in [-0.39, 0.29) is 6.09 Å². The van der Waals surface area contributed by atoms with Crippen molar-refractivity contribution in [3.8, 4) is 0 Å². The number of ether oxygens (including phenoxy) is 1. The summed E-state index contributed by atoms with van der Waals surface area (Å²) in [6, 6.07) is 1.72. The summed E-state index contributed by atoms with van der Waals surface area (Å²) in [5, 5.41) is 7.34. The Morgan fingerprint density at radius 3 is 2.79 bits per heavy atom. The molecule has 0 N–H and O–H groups in total. The maximum Gasteiger partial charge on any atom is 0.414 e. The van der Waals surface area contributed by atoms with Crippen molar-refractivity contribution in [2.24, 2.45) is 0 Å². The van der Waals surface area contributed by atoms with Crippen LogP contribution in [-0.4, -0.2) is 29.4 Å². The van der Waals surface area contributed by atoms with Crippen molar-refractivity contribution in [2.75, 3.05) is 18.1 Å². The zero-order valence-electron chi connectivity index (χ0n) is 8.30. The molecule has 1 heterocycles. The molecule has 0 aliphatic heterocycles. The molecule has 5 heteroatoms. The summed E-state index contributed by atoms with van der Waals surface area (Å²) in [6.07, 6.45) is 2.71. The Morgan fingerprint density at radius 2 is 2.29 bits per heavy atom. The molecule has 1 rings (SSSR count). The van der Waals surface area contributed by atoms with Gasteiger partial charge in [-0.2, -0.15) is 10.2 Å². The van der Waals surface area contributed by atoms with E-state index in [2.05, 4.69) is 10.2 Å². The van der Waals surface area contributed by atoms with Crippen LogP contribution in [0.15, 0.2) is 18.5 Å². The molecule has 0 atom stereocenters. The van der Waals surface area contributed by atoms with Crippen LogP contribution < -0.4 is 4.90 Å². The molecule has 0 unspecified atom stereocenters. The molecule has 0 aliphatic carbocycles. The second kappa shape index (κ2) is 5.16.